The molecule has 1 N–H and O–H groups in total. The lowest BCUT2D eigenvalue weighted by Crippen LogP contribution is -2.42. The van der Waals surface area contributed by atoms with Crippen molar-refractivity contribution < 1.29 is 31.1 Å². The zero-order valence-corrected chi connectivity index (χ0v) is 16.7. The SMILES string of the molecule is COc1c(F)c(F)cc(C(=O)NCCN2c3ccccc3N(C3CC3)S2(=O)=O)c1F. The Morgan fingerprint density at radius 3 is 2.47 bits per heavy atom. The Balaban J connectivity index is 1.51. The average molecular weight is 441 g/mol. The Morgan fingerprint density at radius 2 is 1.83 bits per heavy atom. The van der Waals surface area contributed by atoms with Crippen LogP contribution in [0, 0.1) is 17.5 Å². The molecule has 1 aliphatic heterocycles. The van der Waals surface area contributed by atoms with E-state index in [0.29, 0.717) is 17.4 Å². The number of carbonyl (C=O) groups excluding carboxylic acids is 1. The van der Waals surface area contributed by atoms with Gasteiger partial charge in [0.05, 0.1) is 30.6 Å². The Morgan fingerprint density at radius 1 is 1.17 bits per heavy atom. The molecule has 0 aromatic heterocycles. The number of hydrogen-bond acceptors (Lipinski definition) is 4. The van der Waals surface area contributed by atoms with Gasteiger partial charge in [-0.05, 0) is 31.0 Å². The van der Waals surface area contributed by atoms with E-state index in [1.54, 1.807) is 24.3 Å². The molecule has 1 heterocycles. The fourth-order valence-electron chi connectivity index (χ4n) is 3.44. The second-order valence-electron chi connectivity index (χ2n) is 6.92. The van der Waals surface area contributed by atoms with Gasteiger partial charge in [0.15, 0.2) is 17.4 Å². The number of anilines is 2. The van der Waals surface area contributed by atoms with Crippen molar-refractivity contribution in [2.24, 2.45) is 0 Å². The topological polar surface area (TPSA) is 79.0 Å². The van der Waals surface area contributed by atoms with Crippen LogP contribution in [0.5, 0.6) is 5.75 Å². The third-order valence-electron chi connectivity index (χ3n) is 4.96. The minimum Gasteiger partial charge on any atom is -0.491 e. The highest BCUT2D eigenvalue weighted by Crippen LogP contribution is 2.46. The number of benzene rings is 2. The lowest BCUT2D eigenvalue weighted by Gasteiger charge is -2.21. The maximum atomic E-state index is 14.3. The summed E-state index contributed by atoms with van der Waals surface area (Å²) in [6.45, 7) is -0.289. The van der Waals surface area contributed by atoms with Gasteiger partial charge in [-0.15, -0.1) is 0 Å². The number of halogens is 3. The molecule has 0 spiro atoms. The number of hydrogen-bond donors (Lipinski definition) is 1. The fourth-order valence-corrected chi connectivity index (χ4v) is 5.37. The molecule has 160 valence electrons. The van der Waals surface area contributed by atoms with E-state index in [0.717, 1.165) is 20.0 Å². The normalized spacial score (nSPS) is 17.1. The van der Waals surface area contributed by atoms with Gasteiger partial charge in [0.1, 0.15) is 0 Å². The molecule has 0 atom stereocenters. The summed E-state index contributed by atoms with van der Waals surface area (Å²) in [5, 5.41) is 2.34. The minimum absolute atomic E-state index is 0.0838. The third kappa shape index (κ3) is 3.22. The van der Waals surface area contributed by atoms with E-state index >= 15 is 0 Å². The van der Waals surface area contributed by atoms with Gasteiger partial charge in [-0.1, -0.05) is 12.1 Å². The van der Waals surface area contributed by atoms with Crippen molar-refractivity contribution in [2.45, 2.75) is 18.9 Å². The van der Waals surface area contributed by atoms with Crippen LogP contribution in [0.4, 0.5) is 24.5 Å². The second-order valence-corrected chi connectivity index (χ2v) is 8.65. The Bertz CT molecular complexity index is 1120. The third-order valence-corrected chi connectivity index (χ3v) is 6.89. The van der Waals surface area contributed by atoms with Crippen molar-refractivity contribution >= 4 is 27.5 Å². The number of carbonyl (C=O) groups is 1. The van der Waals surface area contributed by atoms with E-state index in [-0.39, 0.29) is 19.1 Å². The highest BCUT2D eigenvalue weighted by Gasteiger charge is 2.47. The first kappa shape index (κ1) is 20.3. The monoisotopic (exact) mass is 441 g/mol. The maximum Gasteiger partial charge on any atom is 0.326 e. The van der Waals surface area contributed by atoms with E-state index in [1.807, 2.05) is 0 Å². The average Bonchev–Trinajstić information content (AvgIpc) is 3.50. The molecule has 1 aliphatic carbocycles. The molecule has 2 aromatic carbocycles. The second kappa shape index (κ2) is 7.38. The van der Waals surface area contributed by atoms with Gasteiger partial charge in [-0.25, -0.2) is 17.4 Å². The maximum absolute atomic E-state index is 14.3. The summed E-state index contributed by atoms with van der Waals surface area (Å²) in [6.07, 6.45) is 1.55. The van der Waals surface area contributed by atoms with Gasteiger partial charge in [0, 0.05) is 12.6 Å². The van der Waals surface area contributed by atoms with Crippen molar-refractivity contribution in [1.29, 1.82) is 0 Å². The van der Waals surface area contributed by atoms with Crippen molar-refractivity contribution in [1.82, 2.24) is 5.32 Å². The number of fused-ring (bicyclic) bond motifs is 1. The number of para-hydroxylation sites is 2. The zero-order chi connectivity index (χ0) is 21.6. The molecule has 2 aromatic rings. The molecule has 0 radical (unpaired) electrons. The van der Waals surface area contributed by atoms with Gasteiger partial charge < -0.3 is 10.1 Å². The fraction of sp³-hybridized carbons (Fsp3) is 0.316. The Kier molecular flexibility index (Phi) is 5.00. The molecule has 1 saturated carbocycles. The molecule has 1 fully saturated rings. The molecular formula is C19H18F3N3O4S. The van der Waals surface area contributed by atoms with Crippen LogP contribution in [-0.4, -0.2) is 40.6 Å². The van der Waals surface area contributed by atoms with Gasteiger partial charge in [-0.2, -0.15) is 12.8 Å². The van der Waals surface area contributed by atoms with Crippen LogP contribution in [0.15, 0.2) is 30.3 Å². The number of amides is 1. The zero-order valence-electron chi connectivity index (χ0n) is 15.9. The number of rotatable bonds is 6. The summed E-state index contributed by atoms with van der Waals surface area (Å²) < 4.78 is 74.4. The Labute approximate surface area is 171 Å². The number of nitrogens with zero attached hydrogens (tertiary/aromatic N) is 2. The number of ether oxygens (including phenoxy) is 1. The van der Waals surface area contributed by atoms with Crippen LogP contribution in [0.1, 0.15) is 23.2 Å². The minimum atomic E-state index is -3.81. The molecule has 7 nitrogen and oxygen atoms in total. The molecule has 30 heavy (non-hydrogen) atoms. The first-order chi connectivity index (χ1) is 14.3. The van der Waals surface area contributed by atoms with E-state index in [1.165, 1.54) is 8.61 Å². The largest absolute Gasteiger partial charge is 0.491 e. The number of methoxy groups -OCH3 is 1. The van der Waals surface area contributed by atoms with Crippen molar-refractivity contribution in [3.8, 4) is 5.75 Å². The molecule has 2 aliphatic rings. The predicted molar refractivity (Wildman–Crippen MR) is 103 cm³/mol. The molecule has 0 unspecified atom stereocenters. The van der Waals surface area contributed by atoms with E-state index in [2.05, 4.69) is 10.1 Å². The standard InChI is InChI=1S/C19H18F3N3O4S/c1-29-18-16(21)12(10-13(20)17(18)22)19(26)23-8-9-24-14-4-2-3-5-15(14)25(11-6-7-11)30(24,27)28/h2-5,10-11H,6-9H2,1H3,(H,23,26). The summed E-state index contributed by atoms with van der Waals surface area (Å²) in [5.41, 5.74) is 0.317. The molecule has 11 heteroatoms. The van der Waals surface area contributed by atoms with Gasteiger partial charge in [0.25, 0.3) is 5.91 Å². The van der Waals surface area contributed by atoms with Gasteiger partial charge >= 0.3 is 10.2 Å². The Hall–Kier alpha value is -2.95. The first-order valence-electron chi connectivity index (χ1n) is 9.18. The summed E-state index contributed by atoms with van der Waals surface area (Å²) in [5.74, 6) is -6.33. The molecule has 0 saturated heterocycles. The summed E-state index contributed by atoms with van der Waals surface area (Å²) in [6, 6.07) is 7.18. The molecule has 4 rings (SSSR count). The van der Waals surface area contributed by atoms with Crippen molar-refractivity contribution in [2.75, 3.05) is 28.8 Å². The summed E-state index contributed by atoms with van der Waals surface area (Å²) in [7, 11) is -2.86. The lowest BCUT2D eigenvalue weighted by molar-refractivity contribution is 0.0949. The molecule has 0 bridgehead atoms. The smallest absolute Gasteiger partial charge is 0.326 e. The van der Waals surface area contributed by atoms with Crippen LogP contribution in [0.2, 0.25) is 0 Å². The van der Waals surface area contributed by atoms with Crippen molar-refractivity contribution in [3.63, 3.8) is 0 Å². The first-order valence-corrected chi connectivity index (χ1v) is 10.6. The summed E-state index contributed by atoms with van der Waals surface area (Å²) in [4.78, 5) is 12.3. The quantitative estimate of drug-likeness (QED) is 0.699. The van der Waals surface area contributed by atoms with Gasteiger partial charge in [-0.3, -0.25) is 4.79 Å². The number of nitrogens with one attached hydrogen (secondary N) is 1. The van der Waals surface area contributed by atoms with E-state index < -0.39 is 44.9 Å². The predicted octanol–water partition coefficient (Wildman–Crippen LogP) is 2.58. The van der Waals surface area contributed by atoms with Crippen LogP contribution in [0.3, 0.4) is 0 Å². The van der Waals surface area contributed by atoms with Gasteiger partial charge in [0.2, 0.25) is 5.82 Å². The van der Waals surface area contributed by atoms with Crippen LogP contribution in [-0.2, 0) is 10.2 Å². The van der Waals surface area contributed by atoms with E-state index in [9.17, 15) is 26.4 Å². The lowest BCUT2D eigenvalue weighted by atomic mass is 10.1. The molecule has 1 amide bonds. The van der Waals surface area contributed by atoms with Crippen LogP contribution < -0.4 is 18.7 Å². The highest BCUT2D eigenvalue weighted by atomic mass is 32.2. The van der Waals surface area contributed by atoms with Crippen molar-refractivity contribution in [3.05, 3.63) is 53.3 Å². The van der Waals surface area contributed by atoms with Crippen LogP contribution in [0.25, 0.3) is 0 Å². The summed E-state index contributed by atoms with van der Waals surface area (Å²) >= 11 is 0. The van der Waals surface area contributed by atoms with Crippen LogP contribution >= 0.6 is 0 Å². The highest BCUT2D eigenvalue weighted by molar-refractivity contribution is 7.94. The molecular weight excluding hydrogens is 423 g/mol. The van der Waals surface area contributed by atoms with E-state index in [4.69, 9.17) is 0 Å².